The monoisotopic (exact) mass is 536 g/mol. The molecular weight excluding hydrogens is 500 g/mol. The van der Waals surface area contributed by atoms with Crippen molar-refractivity contribution < 1.29 is 4.74 Å². The van der Waals surface area contributed by atoms with E-state index in [1.807, 2.05) is 54.1 Å². The number of aromatic nitrogens is 5. The lowest BCUT2D eigenvalue weighted by Crippen LogP contribution is -2.32. The molecule has 5 rings (SSSR count). The molecule has 0 unspecified atom stereocenters. The largest absolute Gasteiger partial charge is 0.497 e. The van der Waals surface area contributed by atoms with Gasteiger partial charge in [0.15, 0.2) is 5.82 Å². The third-order valence-corrected chi connectivity index (χ3v) is 7.58. The van der Waals surface area contributed by atoms with Crippen molar-refractivity contribution in [1.29, 1.82) is 0 Å². The second kappa shape index (κ2) is 12.3. The first-order valence-corrected chi connectivity index (χ1v) is 13.8. The number of tetrazole rings is 1. The molecule has 40 heavy (non-hydrogen) atoms. The lowest BCUT2D eigenvalue weighted by atomic mass is 10.0. The Kier molecular flexibility index (Phi) is 8.36. The van der Waals surface area contributed by atoms with Gasteiger partial charge >= 0.3 is 0 Å². The number of aryl methyl sites for hydroxylation is 4. The van der Waals surface area contributed by atoms with Gasteiger partial charge in [-0.1, -0.05) is 61.5 Å². The molecule has 0 aliphatic carbocycles. The van der Waals surface area contributed by atoms with E-state index in [0.717, 1.165) is 57.6 Å². The Hall–Kier alpha value is -4.30. The Morgan fingerprint density at radius 3 is 2.42 bits per heavy atom. The second-order valence-corrected chi connectivity index (χ2v) is 10.3. The number of fused-ring (bicyclic) bond motifs is 1. The number of hydrogen-bond donors (Lipinski definition) is 1. The standard InChI is InChI=1S/C32H36N6O2/c1-5-29(31-34-35-36-38(31)18-17-24-9-7-6-8-10-24)37(20-25-13-15-27(40-4)16-14-25)21-26-19-28-22(2)11-12-23(3)30(28)33-32(26)39/h6-16,19,29H,5,17-18,20-21H2,1-4H3,(H,33,39)/t29-/m1/s1. The number of hydrogen-bond acceptors (Lipinski definition) is 6. The van der Waals surface area contributed by atoms with Crippen molar-refractivity contribution in [3.63, 3.8) is 0 Å². The Bertz CT molecular complexity index is 1630. The zero-order valence-corrected chi connectivity index (χ0v) is 23.6. The fraction of sp³-hybridized carbons (Fsp3) is 0.312. The van der Waals surface area contributed by atoms with Crippen molar-refractivity contribution in [2.24, 2.45) is 0 Å². The van der Waals surface area contributed by atoms with E-state index in [-0.39, 0.29) is 11.6 Å². The third-order valence-electron chi connectivity index (χ3n) is 7.58. The second-order valence-electron chi connectivity index (χ2n) is 10.3. The van der Waals surface area contributed by atoms with Gasteiger partial charge in [0, 0.05) is 30.6 Å². The molecule has 0 bridgehead atoms. The lowest BCUT2D eigenvalue weighted by Gasteiger charge is -2.30. The fourth-order valence-electron chi connectivity index (χ4n) is 5.29. The summed E-state index contributed by atoms with van der Waals surface area (Å²) >= 11 is 0. The Morgan fingerprint density at radius 2 is 1.70 bits per heavy atom. The van der Waals surface area contributed by atoms with Gasteiger partial charge in [-0.25, -0.2) is 4.68 Å². The van der Waals surface area contributed by atoms with E-state index in [1.165, 1.54) is 5.56 Å². The number of benzene rings is 3. The van der Waals surface area contributed by atoms with Crippen molar-refractivity contribution >= 4 is 10.9 Å². The van der Waals surface area contributed by atoms with Crippen LogP contribution >= 0.6 is 0 Å². The minimum Gasteiger partial charge on any atom is -0.497 e. The first-order valence-electron chi connectivity index (χ1n) is 13.8. The number of nitrogens with one attached hydrogen (secondary N) is 1. The van der Waals surface area contributed by atoms with Gasteiger partial charge in [0.2, 0.25) is 0 Å². The smallest absolute Gasteiger partial charge is 0.252 e. The summed E-state index contributed by atoms with van der Waals surface area (Å²) in [7, 11) is 1.67. The molecule has 0 aliphatic rings. The van der Waals surface area contributed by atoms with Crippen molar-refractivity contribution in [1.82, 2.24) is 30.1 Å². The van der Waals surface area contributed by atoms with Crippen LogP contribution in [0.15, 0.2) is 77.6 Å². The van der Waals surface area contributed by atoms with Crippen LogP contribution in [0.3, 0.4) is 0 Å². The highest BCUT2D eigenvalue weighted by molar-refractivity contribution is 5.85. The predicted molar refractivity (Wildman–Crippen MR) is 157 cm³/mol. The molecule has 3 aromatic carbocycles. The Morgan fingerprint density at radius 1 is 0.950 bits per heavy atom. The summed E-state index contributed by atoms with van der Waals surface area (Å²) in [6.07, 6.45) is 1.61. The van der Waals surface area contributed by atoms with Crippen LogP contribution < -0.4 is 10.3 Å². The lowest BCUT2D eigenvalue weighted by molar-refractivity contribution is 0.160. The summed E-state index contributed by atoms with van der Waals surface area (Å²) in [4.78, 5) is 18.8. The highest BCUT2D eigenvalue weighted by Crippen LogP contribution is 2.28. The van der Waals surface area contributed by atoms with Crippen molar-refractivity contribution in [2.75, 3.05) is 7.11 Å². The van der Waals surface area contributed by atoms with E-state index in [9.17, 15) is 4.79 Å². The van der Waals surface area contributed by atoms with Gasteiger partial charge in [0.1, 0.15) is 5.75 Å². The molecule has 1 atom stereocenters. The van der Waals surface area contributed by atoms with E-state index >= 15 is 0 Å². The summed E-state index contributed by atoms with van der Waals surface area (Å²) in [6, 6.07) is 24.5. The Labute approximate surface area is 234 Å². The van der Waals surface area contributed by atoms with Crippen molar-refractivity contribution in [3.05, 3.63) is 117 Å². The molecule has 0 radical (unpaired) electrons. The number of H-pyrrole nitrogens is 1. The maximum atomic E-state index is 13.3. The van der Waals surface area contributed by atoms with Gasteiger partial charge in [-0.3, -0.25) is 9.69 Å². The summed E-state index contributed by atoms with van der Waals surface area (Å²) in [5, 5.41) is 14.0. The van der Waals surface area contributed by atoms with Crippen LogP contribution in [0, 0.1) is 13.8 Å². The number of rotatable bonds is 11. The third kappa shape index (κ3) is 5.97. The first-order chi connectivity index (χ1) is 19.5. The summed E-state index contributed by atoms with van der Waals surface area (Å²) < 4.78 is 7.27. The highest BCUT2D eigenvalue weighted by Gasteiger charge is 2.26. The maximum absolute atomic E-state index is 13.3. The zero-order valence-electron chi connectivity index (χ0n) is 23.6. The van der Waals surface area contributed by atoms with Crippen LogP contribution in [0.5, 0.6) is 5.75 Å². The highest BCUT2D eigenvalue weighted by atomic mass is 16.5. The summed E-state index contributed by atoms with van der Waals surface area (Å²) in [5.74, 6) is 1.61. The van der Waals surface area contributed by atoms with Gasteiger partial charge in [-0.05, 0) is 77.6 Å². The topological polar surface area (TPSA) is 88.9 Å². The van der Waals surface area contributed by atoms with E-state index < -0.39 is 0 Å². The minimum atomic E-state index is -0.0958. The molecule has 8 nitrogen and oxygen atoms in total. The van der Waals surface area contributed by atoms with Crippen LogP contribution in [-0.2, 0) is 26.1 Å². The molecule has 8 heteroatoms. The van der Waals surface area contributed by atoms with Crippen LogP contribution in [0.2, 0.25) is 0 Å². The zero-order chi connectivity index (χ0) is 28.1. The van der Waals surface area contributed by atoms with Gasteiger partial charge in [0.25, 0.3) is 5.56 Å². The average molecular weight is 537 g/mol. The molecule has 0 fully saturated rings. The number of ether oxygens (including phenoxy) is 1. The van der Waals surface area contributed by atoms with E-state index in [2.05, 4.69) is 69.6 Å². The molecule has 206 valence electrons. The van der Waals surface area contributed by atoms with E-state index in [0.29, 0.717) is 19.6 Å². The predicted octanol–water partition coefficient (Wildman–Crippen LogP) is 5.54. The van der Waals surface area contributed by atoms with Gasteiger partial charge in [-0.2, -0.15) is 0 Å². The van der Waals surface area contributed by atoms with Gasteiger partial charge in [0.05, 0.1) is 18.7 Å². The SMILES string of the molecule is CC[C@H](c1nnnn1CCc1ccccc1)N(Cc1ccc(OC)cc1)Cc1cc2c(C)ccc(C)c2[nH]c1=O. The number of methoxy groups -OCH3 is 1. The molecule has 0 amide bonds. The van der Waals surface area contributed by atoms with Crippen LogP contribution in [0.1, 0.15) is 53.0 Å². The van der Waals surface area contributed by atoms with Crippen LogP contribution in [-0.4, -0.2) is 37.2 Å². The molecule has 0 saturated carbocycles. The van der Waals surface area contributed by atoms with Gasteiger partial charge < -0.3 is 9.72 Å². The van der Waals surface area contributed by atoms with E-state index in [4.69, 9.17) is 4.74 Å². The minimum absolute atomic E-state index is 0.0700. The van der Waals surface area contributed by atoms with Crippen molar-refractivity contribution in [2.45, 2.75) is 59.3 Å². The number of aromatic amines is 1. The quantitative estimate of drug-likeness (QED) is 0.239. The normalized spacial score (nSPS) is 12.2. The van der Waals surface area contributed by atoms with E-state index in [1.54, 1.807) is 7.11 Å². The maximum Gasteiger partial charge on any atom is 0.252 e. The number of pyridine rings is 1. The molecular formula is C32H36N6O2. The van der Waals surface area contributed by atoms with Crippen LogP contribution in [0.25, 0.3) is 10.9 Å². The van der Waals surface area contributed by atoms with Crippen molar-refractivity contribution in [3.8, 4) is 5.75 Å². The first kappa shape index (κ1) is 27.3. The number of nitrogens with zero attached hydrogens (tertiary/aromatic N) is 5. The van der Waals surface area contributed by atoms with Crippen LogP contribution in [0.4, 0.5) is 0 Å². The summed E-state index contributed by atoms with van der Waals surface area (Å²) in [5.41, 5.74) is 6.09. The fourth-order valence-corrected chi connectivity index (χ4v) is 5.29. The molecule has 0 spiro atoms. The van der Waals surface area contributed by atoms with Gasteiger partial charge in [-0.15, -0.1) is 5.10 Å². The molecule has 0 aliphatic heterocycles. The Balaban J connectivity index is 1.50. The molecule has 0 saturated heterocycles. The average Bonchev–Trinajstić information content (AvgIpc) is 3.44. The summed E-state index contributed by atoms with van der Waals surface area (Å²) in [6.45, 7) is 7.99. The molecule has 2 heterocycles. The molecule has 5 aromatic rings. The molecule has 2 aromatic heterocycles. The molecule has 1 N–H and O–H groups in total.